The SMILES string of the molecule is Cl.O=c1cc(C2CCNCC2)n2nc3cccc(-c4ccccc4C(F)(F)F)c3c2[nH]1. The number of rotatable bonds is 2. The van der Waals surface area contributed by atoms with E-state index in [9.17, 15) is 18.0 Å². The highest BCUT2D eigenvalue weighted by atomic mass is 35.5. The average Bonchev–Trinajstić information content (AvgIpc) is 3.12. The third kappa shape index (κ3) is 3.70. The molecule has 2 aromatic heterocycles. The molecule has 0 aliphatic carbocycles. The van der Waals surface area contributed by atoms with Gasteiger partial charge in [0.2, 0.25) is 0 Å². The number of nitrogens with one attached hydrogen (secondary N) is 2. The zero-order valence-electron chi connectivity index (χ0n) is 16.4. The molecular weight excluding hydrogens is 429 g/mol. The molecule has 2 aromatic carbocycles. The Bertz CT molecular complexity index is 1310. The van der Waals surface area contributed by atoms with Crippen molar-refractivity contribution in [3.8, 4) is 11.1 Å². The molecule has 0 spiro atoms. The monoisotopic (exact) mass is 448 g/mol. The Hall–Kier alpha value is -2.84. The molecule has 1 aliphatic heterocycles. The fourth-order valence-electron chi connectivity index (χ4n) is 4.38. The van der Waals surface area contributed by atoms with E-state index in [1.165, 1.54) is 12.1 Å². The van der Waals surface area contributed by atoms with Crippen molar-refractivity contribution < 1.29 is 13.2 Å². The highest BCUT2D eigenvalue weighted by molar-refractivity contribution is 6.04. The molecule has 0 radical (unpaired) electrons. The van der Waals surface area contributed by atoms with Gasteiger partial charge in [-0.05, 0) is 49.2 Å². The number of fused-ring (bicyclic) bond motifs is 3. The van der Waals surface area contributed by atoms with Crippen LogP contribution in [0.25, 0.3) is 27.7 Å². The van der Waals surface area contributed by atoms with Crippen molar-refractivity contribution in [3.63, 3.8) is 0 Å². The largest absolute Gasteiger partial charge is 0.417 e. The molecule has 5 nitrogen and oxygen atoms in total. The Morgan fingerprint density at radius 3 is 2.45 bits per heavy atom. The summed E-state index contributed by atoms with van der Waals surface area (Å²) in [7, 11) is 0. The average molecular weight is 449 g/mol. The Morgan fingerprint density at radius 2 is 1.71 bits per heavy atom. The van der Waals surface area contributed by atoms with E-state index in [-0.39, 0.29) is 29.4 Å². The molecule has 1 fully saturated rings. The van der Waals surface area contributed by atoms with Crippen molar-refractivity contribution in [2.24, 2.45) is 0 Å². The zero-order valence-corrected chi connectivity index (χ0v) is 17.2. The summed E-state index contributed by atoms with van der Waals surface area (Å²) in [6, 6.07) is 12.1. The maximum atomic E-state index is 13.7. The Kier molecular flexibility index (Phi) is 5.53. The minimum Gasteiger partial charge on any atom is -0.317 e. The lowest BCUT2D eigenvalue weighted by molar-refractivity contribution is -0.137. The number of H-pyrrole nitrogens is 1. The van der Waals surface area contributed by atoms with E-state index in [4.69, 9.17) is 0 Å². The molecule has 0 unspecified atom stereocenters. The molecule has 162 valence electrons. The Balaban J connectivity index is 0.00000231. The van der Waals surface area contributed by atoms with E-state index in [2.05, 4.69) is 15.4 Å². The summed E-state index contributed by atoms with van der Waals surface area (Å²) in [5, 5.41) is 8.47. The van der Waals surface area contributed by atoms with Gasteiger partial charge in [-0.1, -0.05) is 30.3 Å². The molecule has 0 amide bonds. The quantitative estimate of drug-likeness (QED) is 0.465. The van der Waals surface area contributed by atoms with Crippen molar-refractivity contribution in [2.75, 3.05) is 13.1 Å². The molecule has 0 bridgehead atoms. The van der Waals surface area contributed by atoms with Crippen molar-refractivity contribution >= 4 is 29.0 Å². The number of nitrogens with zero attached hydrogens (tertiary/aromatic N) is 2. The lowest BCUT2D eigenvalue weighted by Gasteiger charge is -2.23. The third-order valence-electron chi connectivity index (χ3n) is 5.74. The highest BCUT2D eigenvalue weighted by Crippen LogP contribution is 2.40. The summed E-state index contributed by atoms with van der Waals surface area (Å²) >= 11 is 0. The third-order valence-corrected chi connectivity index (χ3v) is 5.74. The minimum atomic E-state index is -4.49. The second-order valence-corrected chi connectivity index (χ2v) is 7.59. The molecular formula is C22H20ClF3N4O. The highest BCUT2D eigenvalue weighted by Gasteiger charge is 2.34. The number of aromatic amines is 1. The molecule has 9 heteroatoms. The van der Waals surface area contributed by atoms with Crippen molar-refractivity contribution in [1.29, 1.82) is 0 Å². The van der Waals surface area contributed by atoms with E-state index in [0.717, 1.165) is 37.7 Å². The van der Waals surface area contributed by atoms with Crippen LogP contribution in [-0.4, -0.2) is 27.7 Å². The summed E-state index contributed by atoms with van der Waals surface area (Å²) in [5.41, 5.74) is 1.24. The van der Waals surface area contributed by atoms with Crippen LogP contribution in [0.2, 0.25) is 0 Å². The lowest BCUT2D eigenvalue weighted by Crippen LogP contribution is -2.28. The van der Waals surface area contributed by atoms with Crippen LogP contribution >= 0.6 is 12.4 Å². The summed E-state index contributed by atoms with van der Waals surface area (Å²) in [6.45, 7) is 1.70. The van der Waals surface area contributed by atoms with Gasteiger partial charge in [0, 0.05) is 12.0 Å². The molecule has 1 aliphatic rings. The molecule has 5 rings (SSSR count). The summed E-state index contributed by atoms with van der Waals surface area (Å²) < 4.78 is 42.7. The maximum absolute atomic E-state index is 13.7. The van der Waals surface area contributed by atoms with Crippen molar-refractivity contribution in [3.05, 3.63) is 70.1 Å². The van der Waals surface area contributed by atoms with Crippen LogP contribution in [0.4, 0.5) is 13.2 Å². The van der Waals surface area contributed by atoms with Gasteiger partial charge in [0.15, 0.2) is 0 Å². The molecule has 0 saturated carbocycles. The van der Waals surface area contributed by atoms with Gasteiger partial charge in [0.25, 0.3) is 5.56 Å². The van der Waals surface area contributed by atoms with E-state index in [1.54, 1.807) is 34.8 Å². The van der Waals surface area contributed by atoms with Crippen LogP contribution in [0.15, 0.2) is 53.3 Å². The topological polar surface area (TPSA) is 62.2 Å². The molecule has 3 heterocycles. The number of hydrogen-bond donors (Lipinski definition) is 2. The summed E-state index contributed by atoms with van der Waals surface area (Å²) in [6.07, 6.45) is -2.74. The van der Waals surface area contributed by atoms with E-state index in [1.807, 2.05) is 0 Å². The second-order valence-electron chi connectivity index (χ2n) is 7.59. The molecule has 0 atom stereocenters. The van der Waals surface area contributed by atoms with Gasteiger partial charge < -0.3 is 10.3 Å². The first-order chi connectivity index (χ1) is 14.4. The van der Waals surface area contributed by atoms with Crippen LogP contribution in [-0.2, 0) is 6.18 Å². The van der Waals surface area contributed by atoms with Crippen LogP contribution in [0.1, 0.15) is 30.0 Å². The Labute approximate surface area is 181 Å². The standard InChI is InChI=1S/C22H19F3N4O.ClH/c23-22(24,25)16-6-2-1-4-14(16)15-5-3-7-17-20(15)21-27-19(30)12-18(29(21)28-17)13-8-10-26-11-9-13;/h1-7,12-13,26H,8-11H2,(H,27,30);1H. The first-order valence-electron chi connectivity index (χ1n) is 9.85. The number of aromatic nitrogens is 3. The number of alkyl halides is 3. The summed E-state index contributed by atoms with van der Waals surface area (Å²) in [5.74, 6) is 0.163. The minimum absolute atomic E-state index is 0. The first kappa shape index (κ1) is 21.4. The zero-order chi connectivity index (χ0) is 20.9. The first-order valence-corrected chi connectivity index (χ1v) is 9.85. The van der Waals surface area contributed by atoms with Crippen LogP contribution in [0, 0.1) is 0 Å². The van der Waals surface area contributed by atoms with Crippen molar-refractivity contribution in [2.45, 2.75) is 24.9 Å². The number of halogens is 4. The van der Waals surface area contributed by atoms with Gasteiger partial charge in [-0.3, -0.25) is 4.79 Å². The second kappa shape index (κ2) is 8.01. The number of hydrogen-bond acceptors (Lipinski definition) is 3. The van der Waals surface area contributed by atoms with Gasteiger partial charge in [-0.2, -0.15) is 18.3 Å². The van der Waals surface area contributed by atoms with Crippen LogP contribution in [0.3, 0.4) is 0 Å². The van der Waals surface area contributed by atoms with Crippen LogP contribution < -0.4 is 10.9 Å². The van der Waals surface area contributed by atoms with Gasteiger partial charge in [0.05, 0.1) is 22.2 Å². The van der Waals surface area contributed by atoms with E-state index in [0.29, 0.717) is 22.1 Å². The fourth-order valence-corrected chi connectivity index (χ4v) is 4.38. The lowest BCUT2D eigenvalue weighted by atomic mass is 9.94. The van der Waals surface area contributed by atoms with E-state index >= 15 is 0 Å². The number of piperidine rings is 1. The maximum Gasteiger partial charge on any atom is 0.417 e. The van der Waals surface area contributed by atoms with Gasteiger partial charge >= 0.3 is 6.18 Å². The van der Waals surface area contributed by atoms with Gasteiger partial charge in [-0.25, -0.2) is 4.52 Å². The predicted molar refractivity (Wildman–Crippen MR) is 116 cm³/mol. The fraction of sp³-hybridized carbons (Fsp3) is 0.273. The summed E-state index contributed by atoms with van der Waals surface area (Å²) in [4.78, 5) is 15.3. The molecule has 2 N–H and O–H groups in total. The molecule has 1 saturated heterocycles. The number of benzene rings is 2. The van der Waals surface area contributed by atoms with Crippen molar-refractivity contribution in [1.82, 2.24) is 19.9 Å². The molecule has 4 aromatic rings. The van der Waals surface area contributed by atoms with Gasteiger partial charge in [0.1, 0.15) is 5.65 Å². The van der Waals surface area contributed by atoms with Crippen LogP contribution in [0.5, 0.6) is 0 Å². The van der Waals surface area contributed by atoms with Gasteiger partial charge in [-0.15, -0.1) is 12.4 Å². The smallest absolute Gasteiger partial charge is 0.317 e. The molecule has 31 heavy (non-hydrogen) atoms. The Morgan fingerprint density at radius 1 is 1.00 bits per heavy atom. The predicted octanol–water partition coefficient (Wildman–Crippen LogP) is 4.75. The van der Waals surface area contributed by atoms with E-state index < -0.39 is 11.7 Å². The normalized spacial score (nSPS) is 15.3.